The molecule has 0 bridgehead atoms. The second kappa shape index (κ2) is 22.7. The van der Waals surface area contributed by atoms with E-state index in [1.165, 1.54) is 32.8 Å². The van der Waals surface area contributed by atoms with Gasteiger partial charge in [-0.25, -0.2) is 0 Å². The minimum atomic E-state index is 0. The molecule has 4 rings (SSSR count). The van der Waals surface area contributed by atoms with Gasteiger partial charge in [-0.05, 0) is 94.9 Å². The third-order valence-corrected chi connectivity index (χ3v) is 8.13. The van der Waals surface area contributed by atoms with Crippen molar-refractivity contribution in [3.63, 3.8) is 0 Å². The molecule has 3 aromatic rings. The minimum absolute atomic E-state index is 0. The van der Waals surface area contributed by atoms with E-state index in [2.05, 4.69) is 37.9 Å². The van der Waals surface area contributed by atoms with Crippen molar-refractivity contribution < 1.29 is 24.1 Å². The molecule has 1 aliphatic heterocycles. The third kappa shape index (κ3) is 17.6. The molecule has 35 heavy (non-hydrogen) atoms. The molecule has 0 saturated carbocycles. The van der Waals surface area contributed by atoms with Crippen LogP contribution in [0.3, 0.4) is 0 Å². The fourth-order valence-electron chi connectivity index (χ4n) is 2.32. The first-order valence-electron chi connectivity index (χ1n) is 10.9. The topological polar surface area (TPSA) is 65.0 Å². The van der Waals surface area contributed by atoms with E-state index < -0.39 is 0 Å². The van der Waals surface area contributed by atoms with Gasteiger partial charge < -0.3 is 19.3 Å². The molecule has 1 N–H and O–H groups in total. The number of aliphatic hydroxyl groups excluding tert-OH is 1. The molecule has 198 valence electrons. The molecule has 4 heterocycles. The van der Waals surface area contributed by atoms with Gasteiger partial charge in [-0.15, -0.1) is 34.0 Å². The molecule has 0 spiro atoms. The highest BCUT2D eigenvalue weighted by Gasteiger charge is 1.98. The maximum Gasteiger partial charge on any atom is 0.160 e. The van der Waals surface area contributed by atoms with E-state index >= 15 is 0 Å². The zero-order chi connectivity index (χ0) is 25.0. The largest absolute Gasteiger partial charge is 0.391 e. The van der Waals surface area contributed by atoms with Gasteiger partial charge in [0.25, 0.3) is 0 Å². The molecule has 1 aliphatic rings. The van der Waals surface area contributed by atoms with Crippen LogP contribution in [0.15, 0.2) is 44.0 Å². The lowest BCUT2D eigenvalue weighted by atomic mass is 10.4. The quantitative estimate of drug-likeness (QED) is 0.243. The number of hydrogen-bond donors (Lipinski definition) is 1. The highest BCUT2D eigenvalue weighted by atomic mass is 79.9. The summed E-state index contributed by atoms with van der Waals surface area (Å²) in [6, 6.07) is 11.7. The van der Waals surface area contributed by atoms with Crippen LogP contribution < -0.4 is 0 Å². The zero-order valence-electron chi connectivity index (χ0n) is 19.5. The van der Waals surface area contributed by atoms with E-state index in [9.17, 15) is 4.79 Å². The van der Waals surface area contributed by atoms with Crippen molar-refractivity contribution in [2.24, 2.45) is 0 Å². The molecule has 0 radical (unpaired) electrons. The van der Waals surface area contributed by atoms with Gasteiger partial charge in [0.15, 0.2) is 6.29 Å². The predicted molar refractivity (Wildman–Crippen MR) is 157 cm³/mol. The third-order valence-electron chi connectivity index (χ3n) is 3.94. The predicted octanol–water partition coefficient (Wildman–Crippen LogP) is 8.58. The van der Waals surface area contributed by atoms with Crippen LogP contribution in [-0.2, 0) is 34.0 Å². The van der Waals surface area contributed by atoms with Crippen molar-refractivity contribution >= 4 is 72.2 Å². The fraction of sp³-hybridized carbons (Fsp3) is 0.480. The first-order valence-corrected chi connectivity index (χ1v) is 14.9. The molecule has 0 aliphatic carbocycles. The number of halogens is 2. The Morgan fingerprint density at radius 1 is 0.857 bits per heavy atom. The summed E-state index contributed by atoms with van der Waals surface area (Å²) < 4.78 is 17.6. The highest BCUT2D eigenvalue weighted by molar-refractivity contribution is 9.11. The average Bonchev–Trinajstić information content (AvgIpc) is 3.66. The number of rotatable bonds is 8. The smallest absolute Gasteiger partial charge is 0.160 e. The minimum Gasteiger partial charge on any atom is -0.391 e. The Balaban J connectivity index is 0.000000449. The lowest BCUT2D eigenvalue weighted by Crippen LogP contribution is -1.87. The van der Waals surface area contributed by atoms with Crippen molar-refractivity contribution in [3.8, 4) is 0 Å². The fourth-order valence-corrected chi connectivity index (χ4v) is 5.85. The van der Waals surface area contributed by atoms with Gasteiger partial charge >= 0.3 is 0 Å². The first kappa shape index (κ1) is 34.6. The van der Waals surface area contributed by atoms with Crippen LogP contribution >= 0.6 is 65.9 Å². The van der Waals surface area contributed by atoms with Crippen molar-refractivity contribution in [2.75, 3.05) is 26.4 Å². The Bertz CT molecular complexity index is 884. The average molecular weight is 673 g/mol. The molecule has 0 amide bonds. The van der Waals surface area contributed by atoms with E-state index in [0.717, 1.165) is 51.1 Å². The number of carbonyl (C=O) groups is 1. The summed E-state index contributed by atoms with van der Waals surface area (Å²) in [4.78, 5) is 14.4. The number of aldehydes is 1. The van der Waals surface area contributed by atoms with Gasteiger partial charge in [0, 0.05) is 41.1 Å². The number of carbonyl (C=O) groups excluding carboxylic acids is 1. The van der Waals surface area contributed by atoms with Gasteiger partial charge in [0.1, 0.15) is 0 Å². The second-order valence-electron chi connectivity index (χ2n) is 6.59. The summed E-state index contributed by atoms with van der Waals surface area (Å²) in [7, 11) is 0. The summed E-state index contributed by atoms with van der Waals surface area (Å²) in [5, 5.41) is 8.54. The van der Waals surface area contributed by atoms with Crippen molar-refractivity contribution in [2.45, 2.75) is 53.9 Å². The van der Waals surface area contributed by atoms with E-state index in [1.54, 1.807) is 22.7 Å². The van der Waals surface area contributed by atoms with E-state index in [0.29, 0.717) is 13.2 Å². The normalized spacial score (nSPS) is 11.7. The van der Waals surface area contributed by atoms with Crippen LogP contribution in [0.5, 0.6) is 0 Å². The lowest BCUT2D eigenvalue weighted by Gasteiger charge is -1.94. The van der Waals surface area contributed by atoms with Gasteiger partial charge in [-0.2, -0.15) is 0 Å². The summed E-state index contributed by atoms with van der Waals surface area (Å²) in [5.74, 6) is 0. The number of aliphatic hydroxyl groups is 1. The molecule has 3 aromatic heterocycles. The summed E-state index contributed by atoms with van der Waals surface area (Å²) >= 11 is 11.4. The Labute approximate surface area is 238 Å². The molecule has 5 nitrogen and oxygen atoms in total. The molecule has 0 atom stereocenters. The number of ether oxygens (including phenoxy) is 3. The van der Waals surface area contributed by atoms with E-state index in [4.69, 9.17) is 19.3 Å². The van der Waals surface area contributed by atoms with Gasteiger partial charge in [-0.1, -0.05) is 7.43 Å². The van der Waals surface area contributed by atoms with Crippen LogP contribution in [-0.4, -0.2) is 37.8 Å². The van der Waals surface area contributed by atoms with Crippen LogP contribution in [0.25, 0.3) is 0 Å². The Morgan fingerprint density at radius 3 is 1.66 bits per heavy atom. The number of thiophene rings is 3. The standard InChI is InChI=1S/C8H10O2S.C7H9BrOS.C5H5BrOS.C4H8O.CH4/c1-2-10-6-8-4-3-7(5-9)11-8;1-2-9-5-6-3-4-7(8)10-6;6-5-2-1-4(3-7)8-5;1-2-4-5-3-1;/h3-5H,2,6H2,1H3;3-4H,2,5H2,1H3;1-2,7H,3H2;1-4H2;1H4. The monoisotopic (exact) mass is 670 g/mol. The highest BCUT2D eigenvalue weighted by Crippen LogP contribution is 2.22. The van der Waals surface area contributed by atoms with Gasteiger partial charge in [0.05, 0.1) is 32.3 Å². The molecule has 1 fully saturated rings. The summed E-state index contributed by atoms with van der Waals surface area (Å²) in [6.45, 7) is 8.97. The van der Waals surface area contributed by atoms with Crippen molar-refractivity contribution in [3.05, 3.63) is 63.5 Å². The van der Waals surface area contributed by atoms with Crippen LogP contribution in [0.2, 0.25) is 0 Å². The van der Waals surface area contributed by atoms with Crippen molar-refractivity contribution in [1.29, 1.82) is 0 Å². The Kier molecular flexibility index (Phi) is 22.5. The number of hydrogen-bond acceptors (Lipinski definition) is 8. The molecular formula is C25H36Br2O5S3. The maximum atomic E-state index is 10.3. The Hall–Kier alpha value is -0.430. The SMILES string of the molecule is C.C1CCOC1.CCOCc1ccc(Br)s1.CCOCc1ccc(C=O)s1.OCc1ccc(Br)s1. The molecule has 0 aromatic carbocycles. The molecule has 1 saturated heterocycles. The van der Waals surface area contributed by atoms with Crippen molar-refractivity contribution in [1.82, 2.24) is 0 Å². The molecule has 0 unspecified atom stereocenters. The van der Waals surface area contributed by atoms with E-state index in [-0.39, 0.29) is 14.0 Å². The lowest BCUT2D eigenvalue weighted by molar-refractivity contribution is 0.112. The summed E-state index contributed by atoms with van der Waals surface area (Å²) in [6.07, 6.45) is 3.42. The van der Waals surface area contributed by atoms with Crippen LogP contribution in [0.1, 0.15) is 58.4 Å². The Morgan fingerprint density at radius 2 is 1.34 bits per heavy atom. The van der Waals surface area contributed by atoms with Gasteiger partial charge in [-0.3, -0.25) is 4.79 Å². The zero-order valence-corrected chi connectivity index (χ0v) is 25.1. The molecular weight excluding hydrogens is 636 g/mol. The van der Waals surface area contributed by atoms with Crippen LogP contribution in [0, 0.1) is 0 Å². The van der Waals surface area contributed by atoms with E-state index in [1.807, 2.05) is 44.2 Å². The van der Waals surface area contributed by atoms with Crippen LogP contribution in [0.4, 0.5) is 0 Å². The molecule has 10 heteroatoms. The summed E-state index contributed by atoms with van der Waals surface area (Å²) in [5.41, 5.74) is 0. The van der Waals surface area contributed by atoms with Gasteiger partial charge in [0.2, 0.25) is 0 Å². The second-order valence-corrected chi connectivity index (χ2v) is 12.9. The first-order chi connectivity index (χ1) is 16.5. The maximum absolute atomic E-state index is 10.3.